The number of rotatable bonds is 3. The first-order valence-electron chi connectivity index (χ1n) is 8.07. The van der Waals surface area contributed by atoms with Crippen LogP contribution in [-0.4, -0.2) is 35.4 Å². The SMILES string of the molecule is CC(C)C1(C(=O)N2CCCC2c2cccnc2)CCNC1. The van der Waals surface area contributed by atoms with Gasteiger partial charge in [-0.25, -0.2) is 0 Å². The largest absolute Gasteiger partial charge is 0.335 e. The summed E-state index contributed by atoms with van der Waals surface area (Å²) in [6.45, 7) is 7.02. The Morgan fingerprint density at radius 1 is 1.52 bits per heavy atom. The first kappa shape index (κ1) is 14.5. The second kappa shape index (κ2) is 5.76. The van der Waals surface area contributed by atoms with Crippen molar-refractivity contribution in [3.05, 3.63) is 30.1 Å². The maximum absolute atomic E-state index is 13.3. The lowest BCUT2D eigenvalue weighted by atomic mass is 9.75. The van der Waals surface area contributed by atoms with E-state index >= 15 is 0 Å². The highest BCUT2D eigenvalue weighted by Gasteiger charge is 2.48. The molecule has 0 aromatic carbocycles. The Labute approximate surface area is 126 Å². The molecule has 4 heteroatoms. The van der Waals surface area contributed by atoms with Gasteiger partial charge in [-0.15, -0.1) is 0 Å². The number of hydrogen-bond acceptors (Lipinski definition) is 3. The predicted octanol–water partition coefficient (Wildman–Crippen LogP) is 2.38. The normalized spacial score (nSPS) is 29.3. The van der Waals surface area contributed by atoms with Crippen molar-refractivity contribution in [3.63, 3.8) is 0 Å². The third kappa shape index (κ3) is 2.46. The number of carbonyl (C=O) groups is 1. The molecule has 1 aromatic rings. The average Bonchev–Trinajstić information content (AvgIpc) is 3.17. The zero-order valence-electron chi connectivity index (χ0n) is 13.0. The van der Waals surface area contributed by atoms with E-state index in [1.807, 2.05) is 12.3 Å². The molecule has 0 bridgehead atoms. The van der Waals surface area contributed by atoms with Crippen molar-refractivity contribution >= 4 is 5.91 Å². The summed E-state index contributed by atoms with van der Waals surface area (Å²) in [6.07, 6.45) is 6.80. The number of nitrogens with one attached hydrogen (secondary N) is 1. The van der Waals surface area contributed by atoms with Gasteiger partial charge in [0.15, 0.2) is 0 Å². The molecule has 21 heavy (non-hydrogen) atoms. The fourth-order valence-corrected chi connectivity index (χ4v) is 3.85. The number of hydrogen-bond donors (Lipinski definition) is 1. The monoisotopic (exact) mass is 287 g/mol. The van der Waals surface area contributed by atoms with Crippen LogP contribution in [0.25, 0.3) is 0 Å². The quantitative estimate of drug-likeness (QED) is 0.928. The van der Waals surface area contributed by atoms with E-state index in [4.69, 9.17) is 0 Å². The molecular weight excluding hydrogens is 262 g/mol. The molecule has 0 aliphatic carbocycles. The minimum absolute atomic E-state index is 0.211. The Hall–Kier alpha value is -1.42. The van der Waals surface area contributed by atoms with Crippen molar-refractivity contribution in [1.82, 2.24) is 15.2 Å². The van der Waals surface area contributed by atoms with Gasteiger partial charge in [0.25, 0.3) is 0 Å². The third-order valence-electron chi connectivity index (χ3n) is 5.30. The summed E-state index contributed by atoms with van der Waals surface area (Å²) < 4.78 is 0. The second-order valence-corrected chi connectivity index (χ2v) is 6.68. The van der Waals surface area contributed by atoms with Crippen LogP contribution in [0, 0.1) is 11.3 Å². The summed E-state index contributed by atoms with van der Waals surface area (Å²) in [6, 6.07) is 4.27. The van der Waals surface area contributed by atoms with E-state index in [9.17, 15) is 4.79 Å². The smallest absolute Gasteiger partial charge is 0.230 e. The molecule has 2 atom stereocenters. The van der Waals surface area contributed by atoms with Gasteiger partial charge in [-0.05, 0) is 43.4 Å². The molecular formula is C17H25N3O. The maximum atomic E-state index is 13.3. The highest BCUT2D eigenvalue weighted by Crippen LogP contribution is 2.41. The van der Waals surface area contributed by atoms with Crippen LogP contribution in [0.1, 0.15) is 44.7 Å². The molecule has 2 aliphatic heterocycles. The fourth-order valence-electron chi connectivity index (χ4n) is 3.85. The summed E-state index contributed by atoms with van der Waals surface area (Å²) in [4.78, 5) is 19.6. The molecule has 1 aromatic heterocycles. The Morgan fingerprint density at radius 2 is 2.38 bits per heavy atom. The Balaban J connectivity index is 1.86. The molecule has 4 nitrogen and oxygen atoms in total. The summed E-state index contributed by atoms with van der Waals surface area (Å²) in [5.41, 5.74) is 0.957. The van der Waals surface area contributed by atoms with Crippen LogP contribution in [0.5, 0.6) is 0 Å². The summed E-state index contributed by atoms with van der Waals surface area (Å²) in [5, 5.41) is 3.39. The van der Waals surface area contributed by atoms with E-state index < -0.39 is 0 Å². The van der Waals surface area contributed by atoms with Gasteiger partial charge < -0.3 is 10.2 Å². The number of amides is 1. The molecule has 2 fully saturated rings. The Kier molecular flexibility index (Phi) is 3.98. The molecule has 2 saturated heterocycles. The van der Waals surface area contributed by atoms with Gasteiger partial charge in [-0.1, -0.05) is 19.9 Å². The van der Waals surface area contributed by atoms with Crippen LogP contribution in [-0.2, 0) is 4.79 Å². The van der Waals surface area contributed by atoms with Crippen LogP contribution >= 0.6 is 0 Å². The van der Waals surface area contributed by atoms with E-state index in [2.05, 4.69) is 35.1 Å². The van der Waals surface area contributed by atoms with Gasteiger partial charge in [0.05, 0.1) is 11.5 Å². The molecule has 114 valence electrons. The summed E-state index contributed by atoms with van der Waals surface area (Å²) in [5.74, 6) is 0.712. The van der Waals surface area contributed by atoms with Gasteiger partial charge >= 0.3 is 0 Å². The first-order chi connectivity index (χ1) is 10.1. The minimum Gasteiger partial charge on any atom is -0.335 e. The number of pyridine rings is 1. The lowest BCUT2D eigenvalue weighted by Gasteiger charge is -2.37. The highest BCUT2D eigenvalue weighted by molar-refractivity contribution is 5.84. The van der Waals surface area contributed by atoms with Crippen molar-refractivity contribution in [2.75, 3.05) is 19.6 Å². The second-order valence-electron chi connectivity index (χ2n) is 6.68. The predicted molar refractivity (Wildman–Crippen MR) is 82.7 cm³/mol. The Morgan fingerprint density at radius 3 is 3.00 bits per heavy atom. The van der Waals surface area contributed by atoms with Crippen molar-refractivity contribution in [2.24, 2.45) is 11.3 Å². The fraction of sp³-hybridized carbons (Fsp3) is 0.647. The molecule has 3 heterocycles. The van der Waals surface area contributed by atoms with Crippen molar-refractivity contribution < 1.29 is 4.79 Å². The summed E-state index contributed by atoms with van der Waals surface area (Å²) >= 11 is 0. The molecule has 1 amide bonds. The maximum Gasteiger partial charge on any atom is 0.230 e. The first-order valence-corrected chi connectivity index (χ1v) is 8.07. The molecule has 1 N–H and O–H groups in total. The van der Waals surface area contributed by atoms with Gasteiger partial charge in [-0.3, -0.25) is 9.78 Å². The van der Waals surface area contributed by atoms with Crippen LogP contribution in [0.3, 0.4) is 0 Å². The zero-order valence-corrected chi connectivity index (χ0v) is 13.0. The van der Waals surface area contributed by atoms with E-state index in [1.165, 1.54) is 5.56 Å². The molecule has 2 unspecified atom stereocenters. The average molecular weight is 287 g/mol. The molecule has 2 aliphatic rings. The Bertz CT molecular complexity index is 494. The van der Waals surface area contributed by atoms with E-state index in [0.717, 1.165) is 38.9 Å². The lowest BCUT2D eigenvalue weighted by molar-refractivity contribution is -0.144. The number of likely N-dealkylation sites (tertiary alicyclic amines) is 1. The molecule has 3 rings (SSSR count). The lowest BCUT2D eigenvalue weighted by Crippen LogP contribution is -2.48. The minimum atomic E-state index is -0.217. The van der Waals surface area contributed by atoms with E-state index in [-0.39, 0.29) is 11.5 Å². The summed E-state index contributed by atoms with van der Waals surface area (Å²) in [7, 11) is 0. The molecule has 0 spiro atoms. The molecule has 0 radical (unpaired) electrons. The van der Waals surface area contributed by atoms with Gasteiger partial charge in [-0.2, -0.15) is 0 Å². The van der Waals surface area contributed by atoms with Crippen molar-refractivity contribution in [1.29, 1.82) is 0 Å². The van der Waals surface area contributed by atoms with Crippen LogP contribution in [0.15, 0.2) is 24.5 Å². The van der Waals surface area contributed by atoms with Crippen molar-refractivity contribution in [2.45, 2.75) is 39.2 Å². The van der Waals surface area contributed by atoms with Gasteiger partial charge in [0.1, 0.15) is 0 Å². The van der Waals surface area contributed by atoms with Crippen LogP contribution in [0.2, 0.25) is 0 Å². The van der Waals surface area contributed by atoms with Crippen molar-refractivity contribution in [3.8, 4) is 0 Å². The van der Waals surface area contributed by atoms with Gasteiger partial charge in [0.2, 0.25) is 5.91 Å². The number of carbonyl (C=O) groups excluding carboxylic acids is 1. The van der Waals surface area contributed by atoms with Crippen LogP contribution in [0.4, 0.5) is 0 Å². The van der Waals surface area contributed by atoms with E-state index in [0.29, 0.717) is 11.8 Å². The third-order valence-corrected chi connectivity index (χ3v) is 5.30. The number of nitrogens with zero attached hydrogens (tertiary/aromatic N) is 2. The topological polar surface area (TPSA) is 45.2 Å². The highest BCUT2D eigenvalue weighted by atomic mass is 16.2. The standard InChI is InChI=1S/C17H25N3O/c1-13(2)17(7-9-19-12-17)16(21)20-10-4-6-15(20)14-5-3-8-18-11-14/h3,5,8,11,13,15,19H,4,6-7,9-10,12H2,1-2H3. The molecule has 0 saturated carbocycles. The van der Waals surface area contributed by atoms with Gasteiger partial charge in [0, 0.05) is 25.5 Å². The van der Waals surface area contributed by atoms with E-state index in [1.54, 1.807) is 6.20 Å². The number of aromatic nitrogens is 1. The van der Waals surface area contributed by atoms with Crippen LogP contribution < -0.4 is 5.32 Å². The zero-order chi connectivity index (χ0) is 14.9.